The van der Waals surface area contributed by atoms with E-state index in [0.29, 0.717) is 19.6 Å². The third-order valence-electron chi connectivity index (χ3n) is 4.01. The first-order valence-electron chi connectivity index (χ1n) is 7.07. The van der Waals surface area contributed by atoms with Crippen LogP contribution in [0, 0.1) is 5.92 Å². The topological polar surface area (TPSA) is 89.7 Å². The van der Waals surface area contributed by atoms with Gasteiger partial charge in [-0.3, -0.25) is 4.79 Å². The monoisotopic (exact) mass is 306 g/mol. The second-order valence-electron chi connectivity index (χ2n) is 5.49. The van der Waals surface area contributed by atoms with E-state index in [1.54, 1.807) is 12.0 Å². The lowest BCUT2D eigenvalue weighted by molar-refractivity contribution is -0.136. The van der Waals surface area contributed by atoms with Crippen LogP contribution in [-0.2, 0) is 19.4 Å². The zero-order valence-electron chi connectivity index (χ0n) is 12.5. The minimum atomic E-state index is -3.03. The van der Waals surface area contributed by atoms with Gasteiger partial charge in [0.2, 0.25) is 5.91 Å². The van der Waals surface area contributed by atoms with Crippen molar-refractivity contribution in [3.05, 3.63) is 0 Å². The molecule has 118 valence electrons. The van der Waals surface area contributed by atoms with Crippen LogP contribution in [0.5, 0.6) is 0 Å². The standard InChI is InChI=1S/C13H26N2O4S/c1-4-10(2)12(14)13(16)15(6-7-19-3)11-5-8-20(17,18)9-11/h10-12H,4-9,14H2,1-3H3. The number of hydrogen-bond acceptors (Lipinski definition) is 5. The van der Waals surface area contributed by atoms with E-state index in [0.717, 1.165) is 6.42 Å². The first kappa shape index (κ1) is 17.4. The molecule has 0 saturated carbocycles. The molecular formula is C13H26N2O4S. The maximum atomic E-state index is 12.5. The third-order valence-corrected chi connectivity index (χ3v) is 5.76. The van der Waals surface area contributed by atoms with Crippen LogP contribution in [0.15, 0.2) is 0 Å². The van der Waals surface area contributed by atoms with Crippen LogP contribution >= 0.6 is 0 Å². The fourth-order valence-corrected chi connectivity index (χ4v) is 4.10. The van der Waals surface area contributed by atoms with Gasteiger partial charge in [-0.2, -0.15) is 0 Å². The summed E-state index contributed by atoms with van der Waals surface area (Å²) < 4.78 is 28.2. The number of amides is 1. The summed E-state index contributed by atoms with van der Waals surface area (Å²) in [7, 11) is -1.47. The Balaban J connectivity index is 2.81. The molecule has 2 N–H and O–H groups in total. The van der Waals surface area contributed by atoms with Gasteiger partial charge in [0.05, 0.1) is 24.2 Å². The lowest BCUT2D eigenvalue weighted by Crippen LogP contribution is -2.52. The van der Waals surface area contributed by atoms with Gasteiger partial charge >= 0.3 is 0 Å². The second-order valence-corrected chi connectivity index (χ2v) is 7.72. The van der Waals surface area contributed by atoms with E-state index in [1.807, 2.05) is 13.8 Å². The Morgan fingerprint density at radius 3 is 2.60 bits per heavy atom. The predicted octanol–water partition coefficient (Wildman–Crippen LogP) is 0.0219. The zero-order chi connectivity index (χ0) is 15.3. The van der Waals surface area contributed by atoms with Gasteiger partial charge in [0.1, 0.15) is 0 Å². The van der Waals surface area contributed by atoms with E-state index in [9.17, 15) is 13.2 Å². The summed E-state index contributed by atoms with van der Waals surface area (Å²) >= 11 is 0. The summed E-state index contributed by atoms with van der Waals surface area (Å²) in [5, 5.41) is 0. The van der Waals surface area contributed by atoms with E-state index in [4.69, 9.17) is 10.5 Å². The van der Waals surface area contributed by atoms with E-state index in [-0.39, 0.29) is 29.4 Å². The van der Waals surface area contributed by atoms with Crippen molar-refractivity contribution in [2.75, 3.05) is 31.8 Å². The number of rotatable bonds is 7. The quantitative estimate of drug-likeness (QED) is 0.716. The molecule has 0 radical (unpaired) electrons. The number of ether oxygens (including phenoxy) is 1. The smallest absolute Gasteiger partial charge is 0.240 e. The van der Waals surface area contributed by atoms with Crippen molar-refractivity contribution < 1.29 is 17.9 Å². The molecule has 1 saturated heterocycles. The number of carbonyl (C=O) groups excluding carboxylic acids is 1. The van der Waals surface area contributed by atoms with Crippen molar-refractivity contribution >= 4 is 15.7 Å². The molecule has 0 aromatic carbocycles. The molecular weight excluding hydrogens is 280 g/mol. The highest BCUT2D eigenvalue weighted by atomic mass is 32.2. The number of carbonyl (C=O) groups is 1. The van der Waals surface area contributed by atoms with E-state index in [2.05, 4.69) is 0 Å². The summed E-state index contributed by atoms with van der Waals surface area (Å²) in [6, 6.07) is -0.849. The minimum absolute atomic E-state index is 0.0374. The van der Waals surface area contributed by atoms with Crippen molar-refractivity contribution in [2.24, 2.45) is 11.7 Å². The molecule has 0 spiro atoms. The van der Waals surface area contributed by atoms with Gasteiger partial charge in [-0.05, 0) is 12.3 Å². The Kier molecular flexibility index (Phi) is 6.42. The molecule has 1 amide bonds. The average molecular weight is 306 g/mol. The molecule has 20 heavy (non-hydrogen) atoms. The van der Waals surface area contributed by atoms with Gasteiger partial charge in [-0.1, -0.05) is 20.3 Å². The molecule has 6 nitrogen and oxygen atoms in total. The first-order chi connectivity index (χ1) is 9.32. The molecule has 1 aliphatic rings. The summed E-state index contributed by atoms with van der Waals surface area (Å²) in [6.07, 6.45) is 1.30. The van der Waals surface area contributed by atoms with Crippen molar-refractivity contribution in [3.8, 4) is 0 Å². The van der Waals surface area contributed by atoms with Crippen LogP contribution in [0.4, 0.5) is 0 Å². The zero-order valence-corrected chi connectivity index (χ0v) is 13.4. The molecule has 1 aliphatic heterocycles. The fourth-order valence-electron chi connectivity index (χ4n) is 2.37. The van der Waals surface area contributed by atoms with Gasteiger partial charge in [-0.15, -0.1) is 0 Å². The molecule has 0 aliphatic carbocycles. The number of methoxy groups -OCH3 is 1. The Morgan fingerprint density at radius 2 is 2.15 bits per heavy atom. The van der Waals surface area contributed by atoms with E-state index >= 15 is 0 Å². The lowest BCUT2D eigenvalue weighted by atomic mass is 9.98. The first-order valence-corrected chi connectivity index (χ1v) is 8.90. The fraction of sp³-hybridized carbons (Fsp3) is 0.923. The molecule has 3 unspecified atom stereocenters. The van der Waals surface area contributed by atoms with Gasteiger partial charge in [0.25, 0.3) is 0 Å². The second kappa shape index (κ2) is 7.38. The minimum Gasteiger partial charge on any atom is -0.383 e. The maximum Gasteiger partial charge on any atom is 0.240 e. The number of hydrogen-bond donors (Lipinski definition) is 1. The highest BCUT2D eigenvalue weighted by Gasteiger charge is 2.36. The predicted molar refractivity (Wildman–Crippen MR) is 78.1 cm³/mol. The lowest BCUT2D eigenvalue weighted by Gasteiger charge is -2.32. The molecule has 7 heteroatoms. The van der Waals surface area contributed by atoms with Gasteiger partial charge in [-0.25, -0.2) is 8.42 Å². The van der Waals surface area contributed by atoms with Gasteiger partial charge in [0, 0.05) is 19.7 Å². The normalized spacial score (nSPS) is 24.3. The van der Waals surface area contributed by atoms with Crippen LogP contribution < -0.4 is 5.73 Å². The molecule has 1 fully saturated rings. The van der Waals surface area contributed by atoms with Crippen molar-refractivity contribution in [3.63, 3.8) is 0 Å². The van der Waals surface area contributed by atoms with E-state index < -0.39 is 15.9 Å². The Hall–Kier alpha value is -0.660. The van der Waals surface area contributed by atoms with Crippen molar-refractivity contribution in [2.45, 2.75) is 38.8 Å². The van der Waals surface area contributed by atoms with Gasteiger partial charge < -0.3 is 15.4 Å². The number of sulfone groups is 1. The summed E-state index contributed by atoms with van der Waals surface area (Å²) in [6.45, 7) is 4.69. The molecule has 0 aromatic heterocycles. The van der Waals surface area contributed by atoms with Crippen LogP contribution in [-0.4, -0.2) is 63.1 Å². The molecule has 0 aromatic rings. The van der Waals surface area contributed by atoms with Crippen LogP contribution in [0.2, 0.25) is 0 Å². The van der Waals surface area contributed by atoms with Gasteiger partial charge in [0.15, 0.2) is 9.84 Å². The van der Waals surface area contributed by atoms with Crippen LogP contribution in [0.25, 0.3) is 0 Å². The third kappa shape index (κ3) is 4.43. The molecule has 3 atom stereocenters. The Morgan fingerprint density at radius 1 is 1.50 bits per heavy atom. The largest absolute Gasteiger partial charge is 0.383 e. The highest BCUT2D eigenvalue weighted by molar-refractivity contribution is 7.91. The highest BCUT2D eigenvalue weighted by Crippen LogP contribution is 2.20. The van der Waals surface area contributed by atoms with Crippen LogP contribution in [0.1, 0.15) is 26.7 Å². The van der Waals surface area contributed by atoms with Crippen LogP contribution in [0.3, 0.4) is 0 Å². The molecule has 1 rings (SSSR count). The SMILES string of the molecule is CCC(C)C(N)C(=O)N(CCOC)C1CCS(=O)(=O)C1. The summed E-state index contributed by atoms with van der Waals surface area (Å²) in [5.41, 5.74) is 6.00. The molecule has 0 bridgehead atoms. The van der Waals surface area contributed by atoms with Crippen molar-refractivity contribution in [1.82, 2.24) is 4.90 Å². The Labute approximate surface area is 121 Å². The Bertz CT molecular complexity index is 424. The van der Waals surface area contributed by atoms with E-state index in [1.165, 1.54) is 0 Å². The summed E-state index contributed by atoms with van der Waals surface area (Å²) in [4.78, 5) is 14.1. The number of nitrogens with zero attached hydrogens (tertiary/aromatic N) is 1. The molecule has 1 heterocycles. The van der Waals surface area contributed by atoms with Crippen molar-refractivity contribution in [1.29, 1.82) is 0 Å². The maximum absolute atomic E-state index is 12.5. The number of nitrogens with two attached hydrogens (primary N) is 1. The summed E-state index contributed by atoms with van der Waals surface area (Å²) in [5.74, 6) is 0.0897. The average Bonchev–Trinajstić information content (AvgIpc) is 2.77.